The summed E-state index contributed by atoms with van der Waals surface area (Å²) >= 11 is 0. The van der Waals surface area contributed by atoms with Crippen molar-refractivity contribution in [1.29, 1.82) is 0 Å². The minimum absolute atomic E-state index is 0.388. The summed E-state index contributed by atoms with van der Waals surface area (Å²) in [5.74, 6) is 1.04. The van der Waals surface area contributed by atoms with E-state index in [-0.39, 0.29) is 0 Å². The zero-order chi connectivity index (χ0) is 11.4. The van der Waals surface area contributed by atoms with E-state index >= 15 is 0 Å². The minimum atomic E-state index is 0.388. The van der Waals surface area contributed by atoms with Gasteiger partial charge in [0.05, 0.1) is 0 Å². The summed E-state index contributed by atoms with van der Waals surface area (Å²) in [6, 6.07) is 0. The maximum absolute atomic E-state index is 4.26. The van der Waals surface area contributed by atoms with Crippen molar-refractivity contribution in [2.24, 2.45) is 10.4 Å². The Morgan fingerprint density at radius 1 is 1.14 bits per heavy atom. The zero-order valence-corrected chi connectivity index (χ0v) is 10.8. The molecule has 0 amide bonds. The van der Waals surface area contributed by atoms with Crippen LogP contribution in [0.4, 0.5) is 0 Å². The molecular weight excluding hydrogens is 174 g/mol. The second kappa shape index (κ2) is 5.23. The van der Waals surface area contributed by atoms with E-state index < -0.39 is 0 Å². The zero-order valence-electron chi connectivity index (χ0n) is 10.8. The summed E-state index contributed by atoms with van der Waals surface area (Å²) in [6.07, 6.45) is 1.18. The van der Waals surface area contributed by atoms with Crippen molar-refractivity contribution in [2.45, 2.75) is 27.2 Å². The van der Waals surface area contributed by atoms with Crippen LogP contribution in [0.3, 0.4) is 0 Å². The van der Waals surface area contributed by atoms with Gasteiger partial charge in [0.25, 0.3) is 0 Å². The first-order chi connectivity index (χ1) is 6.28. The highest BCUT2D eigenvalue weighted by molar-refractivity contribution is 5.79. The lowest BCUT2D eigenvalue weighted by Gasteiger charge is -2.29. The number of hydrogen-bond donors (Lipinski definition) is 0. The first-order valence-electron chi connectivity index (χ1n) is 5.13. The lowest BCUT2D eigenvalue weighted by atomic mass is 9.92. The largest absolute Gasteiger partial charge is 0.349 e. The van der Waals surface area contributed by atoms with Crippen LogP contribution in [0.5, 0.6) is 0 Å². The second-order valence-electron chi connectivity index (χ2n) is 5.15. The van der Waals surface area contributed by atoms with Gasteiger partial charge >= 0.3 is 0 Å². The first kappa shape index (κ1) is 13.3. The molecule has 0 saturated carbocycles. The van der Waals surface area contributed by atoms with Crippen LogP contribution in [0.15, 0.2) is 4.99 Å². The van der Waals surface area contributed by atoms with Crippen molar-refractivity contribution in [3.63, 3.8) is 0 Å². The molecule has 0 aliphatic heterocycles. The fourth-order valence-electron chi connectivity index (χ4n) is 1.32. The molecule has 14 heavy (non-hydrogen) atoms. The first-order valence-corrected chi connectivity index (χ1v) is 5.13. The van der Waals surface area contributed by atoms with Gasteiger partial charge in [0.1, 0.15) is 0 Å². The van der Waals surface area contributed by atoms with Gasteiger partial charge in [0.15, 0.2) is 5.96 Å². The Balaban J connectivity index is 4.14. The van der Waals surface area contributed by atoms with Crippen LogP contribution >= 0.6 is 0 Å². The number of hydrogen-bond acceptors (Lipinski definition) is 1. The molecule has 84 valence electrons. The summed E-state index contributed by atoms with van der Waals surface area (Å²) < 4.78 is 0. The van der Waals surface area contributed by atoms with E-state index in [0.717, 1.165) is 12.5 Å². The summed E-state index contributed by atoms with van der Waals surface area (Å²) in [6.45, 7) is 7.84. The Hall–Kier alpha value is -0.730. The van der Waals surface area contributed by atoms with Gasteiger partial charge in [0.2, 0.25) is 0 Å². The van der Waals surface area contributed by atoms with Crippen LogP contribution in [0, 0.1) is 5.41 Å². The number of rotatable bonds is 2. The average molecular weight is 199 g/mol. The number of guanidine groups is 1. The molecule has 0 aromatic carbocycles. The van der Waals surface area contributed by atoms with Gasteiger partial charge in [-0.1, -0.05) is 20.8 Å². The van der Waals surface area contributed by atoms with E-state index in [2.05, 4.69) is 37.7 Å². The van der Waals surface area contributed by atoms with Gasteiger partial charge in [0, 0.05) is 34.7 Å². The topological polar surface area (TPSA) is 18.8 Å². The summed E-state index contributed by atoms with van der Waals surface area (Å²) in [4.78, 5) is 8.50. The van der Waals surface area contributed by atoms with Gasteiger partial charge < -0.3 is 9.80 Å². The molecule has 3 nitrogen and oxygen atoms in total. The van der Waals surface area contributed by atoms with Crippen LogP contribution in [-0.2, 0) is 0 Å². The van der Waals surface area contributed by atoms with Crippen LogP contribution in [-0.4, -0.2) is 50.5 Å². The predicted octanol–water partition coefficient (Wildman–Crippen LogP) is 1.90. The van der Waals surface area contributed by atoms with Crippen molar-refractivity contribution in [2.75, 3.05) is 34.7 Å². The molecule has 0 aromatic rings. The Morgan fingerprint density at radius 2 is 1.64 bits per heavy atom. The van der Waals surface area contributed by atoms with E-state index in [1.807, 2.05) is 26.0 Å². The maximum atomic E-state index is 4.26. The van der Waals surface area contributed by atoms with Gasteiger partial charge in [-0.15, -0.1) is 0 Å². The highest BCUT2D eigenvalue weighted by Crippen LogP contribution is 2.18. The predicted molar refractivity (Wildman–Crippen MR) is 63.7 cm³/mol. The monoisotopic (exact) mass is 199 g/mol. The summed E-state index contributed by atoms with van der Waals surface area (Å²) in [7, 11) is 7.98. The second-order valence-corrected chi connectivity index (χ2v) is 5.15. The molecule has 0 aromatic heterocycles. The van der Waals surface area contributed by atoms with Gasteiger partial charge in [-0.3, -0.25) is 4.99 Å². The lowest BCUT2D eigenvalue weighted by Crippen LogP contribution is -2.39. The molecule has 0 saturated heterocycles. The summed E-state index contributed by atoms with van der Waals surface area (Å²) in [5.41, 5.74) is 0.388. The van der Waals surface area contributed by atoms with Crippen molar-refractivity contribution < 1.29 is 0 Å². The van der Waals surface area contributed by atoms with E-state index in [1.165, 1.54) is 6.42 Å². The van der Waals surface area contributed by atoms with Crippen LogP contribution in [0.25, 0.3) is 0 Å². The molecule has 0 fully saturated rings. The third kappa shape index (κ3) is 5.10. The molecule has 0 atom stereocenters. The number of aliphatic imine (C=N–C) groups is 1. The fraction of sp³-hybridized carbons (Fsp3) is 0.909. The average Bonchev–Trinajstić information content (AvgIpc) is 2.00. The fourth-order valence-corrected chi connectivity index (χ4v) is 1.32. The van der Waals surface area contributed by atoms with E-state index in [0.29, 0.717) is 5.41 Å². The Labute approximate surface area is 88.8 Å². The number of nitrogens with zero attached hydrogens (tertiary/aromatic N) is 3. The molecule has 0 spiro atoms. The molecule has 0 bridgehead atoms. The van der Waals surface area contributed by atoms with Crippen molar-refractivity contribution in [3.05, 3.63) is 0 Å². The van der Waals surface area contributed by atoms with Crippen LogP contribution < -0.4 is 0 Å². The third-order valence-electron chi connectivity index (χ3n) is 2.14. The maximum Gasteiger partial charge on any atom is 0.195 e. The summed E-state index contributed by atoms with van der Waals surface area (Å²) in [5, 5.41) is 0. The Morgan fingerprint density at radius 3 is 1.93 bits per heavy atom. The standard InChI is InChI=1S/C11H25N3/c1-11(2,3)8-9-14(7)10(12-4)13(5)6/h8-9H2,1-7H3. The molecule has 0 radical (unpaired) electrons. The van der Waals surface area contributed by atoms with Crippen molar-refractivity contribution in [1.82, 2.24) is 9.80 Å². The minimum Gasteiger partial charge on any atom is -0.349 e. The SMILES string of the molecule is CN=C(N(C)C)N(C)CCC(C)(C)C. The van der Waals surface area contributed by atoms with Crippen molar-refractivity contribution in [3.8, 4) is 0 Å². The van der Waals surface area contributed by atoms with Crippen LogP contribution in [0.2, 0.25) is 0 Å². The van der Waals surface area contributed by atoms with Gasteiger partial charge in [-0.25, -0.2) is 0 Å². The quantitative estimate of drug-likeness (QED) is 0.500. The smallest absolute Gasteiger partial charge is 0.195 e. The molecular formula is C11H25N3. The highest BCUT2D eigenvalue weighted by Gasteiger charge is 2.13. The normalized spacial score (nSPS) is 12.9. The van der Waals surface area contributed by atoms with Crippen molar-refractivity contribution >= 4 is 5.96 Å². The van der Waals surface area contributed by atoms with E-state index in [4.69, 9.17) is 0 Å². The Kier molecular flexibility index (Phi) is 4.95. The van der Waals surface area contributed by atoms with E-state index in [1.54, 1.807) is 0 Å². The molecule has 0 unspecified atom stereocenters. The van der Waals surface area contributed by atoms with E-state index in [9.17, 15) is 0 Å². The molecule has 0 aliphatic carbocycles. The molecule has 0 heterocycles. The van der Waals surface area contributed by atoms with Crippen LogP contribution in [0.1, 0.15) is 27.2 Å². The molecule has 0 rings (SSSR count). The molecule has 0 N–H and O–H groups in total. The third-order valence-corrected chi connectivity index (χ3v) is 2.14. The molecule has 3 heteroatoms. The highest BCUT2D eigenvalue weighted by atomic mass is 15.3. The molecule has 0 aliphatic rings. The van der Waals surface area contributed by atoms with Gasteiger partial charge in [-0.2, -0.15) is 0 Å². The Bertz CT molecular complexity index is 189. The van der Waals surface area contributed by atoms with Gasteiger partial charge in [-0.05, 0) is 11.8 Å². The lowest BCUT2D eigenvalue weighted by molar-refractivity contribution is 0.313.